The molecule has 1 heteroatoms. The molecule has 0 aromatic heterocycles. The number of fused-ring (bicyclic) bond motifs is 1. The molecule has 0 amide bonds. The van der Waals surface area contributed by atoms with Gasteiger partial charge in [-0.1, -0.05) is 44.9 Å². The van der Waals surface area contributed by atoms with Crippen LogP contribution in [0.4, 0.5) is 0 Å². The smallest absolute Gasteiger partial charge is 0.0431 e. The van der Waals surface area contributed by atoms with Crippen molar-refractivity contribution in [2.24, 2.45) is 0 Å². The van der Waals surface area contributed by atoms with Crippen LogP contribution in [0.3, 0.4) is 0 Å². The minimum Gasteiger partial charge on any atom is -0.396 e. The largest absolute Gasteiger partial charge is 0.396 e. The SMILES string of the molecule is CCCCCO.CCc1cc2ccc1-2. The van der Waals surface area contributed by atoms with Crippen molar-refractivity contribution >= 4 is 0 Å². The number of hydrogen-bond acceptors (Lipinski definition) is 1. The fourth-order valence-corrected chi connectivity index (χ4v) is 1.52. The predicted molar refractivity (Wildman–Crippen MR) is 61.4 cm³/mol. The van der Waals surface area contributed by atoms with Crippen LogP contribution in [0.5, 0.6) is 0 Å². The molecule has 2 rings (SSSR count). The average molecular weight is 192 g/mol. The zero-order valence-electron chi connectivity index (χ0n) is 9.21. The van der Waals surface area contributed by atoms with E-state index in [9.17, 15) is 0 Å². The summed E-state index contributed by atoms with van der Waals surface area (Å²) in [6.45, 7) is 4.67. The van der Waals surface area contributed by atoms with E-state index in [2.05, 4.69) is 32.0 Å². The van der Waals surface area contributed by atoms with Crippen LogP contribution in [-0.4, -0.2) is 11.7 Å². The number of rotatable bonds is 4. The molecule has 0 atom stereocenters. The van der Waals surface area contributed by atoms with Gasteiger partial charge in [0, 0.05) is 6.61 Å². The third-order valence-corrected chi connectivity index (χ3v) is 2.56. The predicted octanol–water partition coefficient (Wildman–Crippen LogP) is 3.40. The minimum atomic E-state index is 0.355. The van der Waals surface area contributed by atoms with Crippen molar-refractivity contribution in [1.29, 1.82) is 0 Å². The van der Waals surface area contributed by atoms with Gasteiger partial charge in [-0.25, -0.2) is 0 Å². The van der Waals surface area contributed by atoms with E-state index < -0.39 is 0 Å². The topological polar surface area (TPSA) is 20.2 Å². The number of aliphatic hydroxyl groups is 1. The summed E-state index contributed by atoms with van der Waals surface area (Å²) in [5, 5.41) is 8.20. The Morgan fingerprint density at radius 1 is 1.14 bits per heavy atom. The third kappa shape index (κ3) is 2.58. The molecule has 0 spiro atoms. The van der Waals surface area contributed by atoms with Crippen LogP contribution in [0.15, 0.2) is 18.2 Å². The summed E-state index contributed by atoms with van der Waals surface area (Å²) in [6, 6.07) is 6.61. The van der Waals surface area contributed by atoms with Crippen LogP contribution < -0.4 is 0 Å². The van der Waals surface area contributed by atoms with Crippen LogP contribution >= 0.6 is 0 Å². The van der Waals surface area contributed by atoms with Crippen LogP contribution in [0.2, 0.25) is 0 Å². The van der Waals surface area contributed by atoms with E-state index in [0.29, 0.717) is 6.61 Å². The molecular formula is C13H20O. The van der Waals surface area contributed by atoms with E-state index >= 15 is 0 Å². The third-order valence-electron chi connectivity index (χ3n) is 2.56. The molecule has 1 N–H and O–H groups in total. The van der Waals surface area contributed by atoms with Crippen molar-refractivity contribution in [3.05, 3.63) is 23.8 Å². The quantitative estimate of drug-likeness (QED) is 0.736. The zero-order chi connectivity index (χ0) is 10.4. The van der Waals surface area contributed by atoms with Crippen molar-refractivity contribution in [1.82, 2.24) is 0 Å². The number of aryl methyl sites for hydroxylation is 1. The van der Waals surface area contributed by atoms with Gasteiger partial charge in [0.15, 0.2) is 0 Å². The van der Waals surface area contributed by atoms with Crippen molar-refractivity contribution < 1.29 is 5.11 Å². The van der Waals surface area contributed by atoms with Crippen molar-refractivity contribution in [2.45, 2.75) is 39.5 Å². The lowest BCUT2D eigenvalue weighted by Gasteiger charge is -2.19. The first kappa shape index (κ1) is 11.3. The van der Waals surface area contributed by atoms with Gasteiger partial charge in [0.2, 0.25) is 0 Å². The highest BCUT2D eigenvalue weighted by molar-refractivity contribution is 5.80. The minimum absolute atomic E-state index is 0.355. The van der Waals surface area contributed by atoms with Gasteiger partial charge in [-0.05, 0) is 29.5 Å². The second-order valence-electron chi connectivity index (χ2n) is 3.66. The monoisotopic (exact) mass is 192 g/mol. The number of unbranched alkanes of at least 4 members (excludes halogenated alkanes) is 2. The van der Waals surface area contributed by atoms with E-state index in [-0.39, 0.29) is 0 Å². The molecule has 78 valence electrons. The second kappa shape index (κ2) is 5.82. The lowest BCUT2D eigenvalue weighted by atomic mass is 9.86. The number of benzene rings is 1. The fourth-order valence-electron chi connectivity index (χ4n) is 1.52. The lowest BCUT2D eigenvalue weighted by molar-refractivity contribution is 0.284. The molecular weight excluding hydrogens is 172 g/mol. The number of aliphatic hydroxyl groups excluding tert-OH is 1. The van der Waals surface area contributed by atoms with Gasteiger partial charge in [-0.2, -0.15) is 0 Å². The van der Waals surface area contributed by atoms with Gasteiger partial charge >= 0.3 is 0 Å². The standard InChI is InChI=1S/C8H8.C5H12O/c1-2-6-5-7-3-4-8(6)7;1-2-3-4-5-6/h3-5H,2H2,1H3;6H,2-5H2,1H3. The molecule has 0 aromatic carbocycles. The Labute approximate surface area is 86.8 Å². The highest BCUT2D eigenvalue weighted by atomic mass is 16.2. The van der Waals surface area contributed by atoms with E-state index in [0.717, 1.165) is 12.8 Å². The fraction of sp³-hybridized carbons (Fsp3) is 0.538. The second-order valence-corrected chi connectivity index (χ2v) is 3.66. The number of hydrogen-bond donors (Lipinski definition) is 1. The molecule has 0 fully saturated rings. The van der Waals surface area contributed by atoms with E-state index in [1.165, 1.54) is 29.5 Å². The van der Waals surface area contributed by atoms with Crippen molar-refractivity contribution in [3.63, 3.8) is 0 Å². The first-order valence-corrected chi connectivity index (χ1v) is 5.57. The Morgan fingerprint density at radius 3 is 2.07 bits per heavy atom. The molecule has 0 aliphatic heterocycles. The molecule has 2 aliphatic rings. The highest BCUT2D eigenvalue weighted by Gasteiger charge is 2.13. The summed E-state index contributed by atoms with van der Waals surface area (Å²) < 4.78 is 0. The van der Waals surface area contributed by atoms with E-state index in [4.69, 9.17) is 5.11 Å². The van der Waals surface area contributed by atoms with Crippen LogP contribution in [0.1, 0.15) is 38.7 Å². The van der Waals surface area contributed by atoms with Gasteiger partial charge < -0.3 is 5.11 Å². The first-order chi connectivity index (χ1) is 6.83. The molecule has 2 aliphatic carbocycles. The summed E-state index contributed by atoms with van der Waals surface area (Å²) in [7, 11) is 0. The van der Waals surface area contributed by atoms with Crippen LogP contribution in [-0.2, 0) is 6.42 Å². The molecule has 0 unspecified atom stereocenters. The lowest BCUT2D eigenvalue weighted by Crippen LogP contribution is -1.97. The van der Waals surface area contributed by atoms with Gasteiger partial charge in [0.25, 0.3) is 0 Å². The Kier molecular flexibility index (Phi) is 4.68. The summed E-state index contributed by atoms with van der Waals surface area (Å²) in [5.41, 5.74) is 4.50. The van der Waals surface area contributed by atoms with Crippen LogP contribution in [0, 0.1) is 0 Å². The normalized spacial score (nSPS) is 10.5. The van der Waals surface area contributed by atoms with Gasteiger partial charge in [-0.3, -0.25) is 0 Å². The maximum Gasteiger partial charge on any atom is 0.0431 e. The average Bonchev–Trinajstić information content (AvgIpc) is 2.20. The molecule has 0 aromatic rings. The Bertz CT molecular complexity index is 275. The summed E-state index contributed by atoms with van der Waals surface area (Å²) in [6.07, 6.45) is 4.52. The Hall–Kier alpha value is -0.820. The molecule has 14 heavy (non-hydrogen) atoms. The van der Waals surface area contributed by atoms with E-state index in [1.807, 2.05) is 0 Å². The molecule has 0 radical (unpaired) electrons. The molecule has 0 saturated heterocycles. The maximum absolute atomic E-state index is 8.20. The maximum atomic E-state index is 8.20. The zero-order valence-corrected chi connectivity index (χ0v) is 9.21. The summed E-state index contributed by atoms with van der Waals surface area (Å²) in [4.78, 5) is 0. The molecule has 1 nitrogen and oxygen atoms in total. The van der Waals surface area contributed by atoms with Crippen molar-refractivity contribution in [3.8, 4) is 11.1 Å². The van der Waals surface area contributed by atoms with E-state index in [1.54, 1.807) is 0 Å². The summed E-state index contributed by atoms with van der Waals surface area (Å²) in [5.74, 6) is 0. The Morgan fingerprint density at radius 2 is 1.93 bits per heavy atom. The molecule has 0 saturated carbocycles. The van der Waals surface area contributed by atoms with Crippen LogP contribution in [0.25, 0.3) is 11.1 Å². The first-order valence-electron chi connectivity index (χ1n) is 5.57. The Balaban J connectivity index is 0.000000149. The molecule has 0 bridgehead atoms. The van der Waals surface area contributed by atoms with Gasteiger partial charge in [0.1, 0.15) is 0 Å². The molecule has 0 heterocycles. The van der Waals surface area contributed by atoms with Gasteiger partial charge in [-0.15, -0.1) is 0 Å². The summed E-state index contributed by atoms with van der Waals surface area (Å²) >= 11 is 0. The highest BCUT2D eigenvalue weighted by Crippen LogP contribution is 2.36. The van der Waals surface area contributed by atoms with Gasteiger partial charge in [0.05, 0.1) is 0 Å². The van der Waals surface area contributed by atoms with Crippen molar-refractivity contribution in [2.75, 3.05) is 6.61 Å².